The molecule has 2 aromatic heterocycles. The Balaban J connectivity index is 2.20. The summed E-state index contributed by atoms with van der Waals surface area (Å²) in [6.45, 7) is 3.70. The molecule has 3 N–H and O–H groups in total. The Morgan fingerprint density at radius 3 is 2.83 bits per heavy atom. The molecule has 0 aliphatic heterocycles. The Labute approximate surface area is 104 Å². The van der Waals surface area contributed by atoms with Crippen LogP contribution in [0.5, 0.6) is 0 Å². The molecule has 0 bridgehead atoms. The third-order valence-corrected chi connectivity index (χ3v) is 2.39. The predicted octanol–water partition coefficient (Wildman–Crippen LogP) is 1.77. The molecule has 6 heteroatoms. The Bertz CT molecular complexity index is 577. The van der Waals surface area contributed by atoms with Crippen molar-refractivity contribution in [2.45, 2.75) is 20.3 Å². The summed E-state index contributed by atoms with van der Waals surface area (Å²) in [5.41, 5.74) is 6.88. The highest BCUT2D eigenvalue weighted by Crippen LogP contribution is 2.12. The second-order valence-electron chi connectivity index (χ2n) is 3.90. The molecular formula is C12H14N4O2. The number of nitrogens with two attached hydrogens (primary N) is 1. The Kier molecular flexibility index (Phi) is 3.27. The van der Waals surface area contributed by atoms with Crippen LogP contribution in [0.15, 0.2) is 22.7 Å². The minimum atomic E-state index is -0.285. The highest BCUT2D eigenvalue weighted by Gasteiger charge is 2.10. The molecule has 18 heavy (non-hydrogen) atoms. The van der Waals surface area contributed by atoms with Crippen LogP contribution in [-0.4, -0.2) is 16.0 Å². The Hall–Kier alpha value is -2.37. The zero-order valence-corrected chi connectivity index (χ0v) is 10.2. The maximum Gasteiger partial charge on any atom is 0.257 e. The molecule has 0 saturated carbocycles. The van der Waals surface area contributed by atoms with Gasteiger partial charge in [0.05, 0.1) is 0 Å². The van der Waals surface area contributed by atoms with Crippen molar-refractivity contribution < 1.29 is 9.32 Å². The van der Waals surface area contributed by atoms with Crippen molar-refractivity contribution in [3.63, 3.8) is 0 Å². The summed E-state index contributed by atoms with van der Waals surface area (Å²) in [5, 5.41) is 6.32. The van der Waals surface area contributed by atoms with E-state index in [9.17, 15) is 4.79 Å². The van der Waals surface area contributed by atoms with Crippen LogP contribution in [-0.2, 0) is 6.42 Å². The van der Waals surface area contributed by atoms with Crippen molar-refractivity contribution in [3.8, 4) is 0 Å². The van der Waals surface area contributed by atoms with E-state index in [2.05, 4.69) is 15.5 Å². The molecule has 0 atom stereocenters. The number of aromatic nitrogens is 2. The fourth-order valence-corrected chi connectivity index (χ4v) is 1.54. The molecule has 2 rings (SSSR count). The summed E-state index contributed by atoms with van der Waals surface area (Å²) in [5.74, 6) is 1.06. The number of rotatable bonds is 3. The lowest BCUT2D eigenvalue weighted by Crippen LogP contribution is -2.13. The molecular weight excluding hydrogens is 232 g/mol. The summed E-state index contributed by atoms with van der Waals surface area (Å²) in [7, 11) is 0. The van der Waals surface area contributed by atoms with E-state index in [-0.39, 0.29) is 5.91 Å². The van der Waals surface area contributed by atoms with Crippen LogP contribution in [0.4, 0.5) is 11.6 Å². The highest BCUT2D eigenvalue weighted by atomic mass is 16.5. The number of anilines is 2. The average Bonchev–Trinajstić information content (AvgIpc) is 2.73. The molecule has 0 saturated heterocycles. The molecule has 1 amide bonds. The van der Waals surface area contributed by atoms with Crippen LogP contribution in [0.25, 0.3) is 0 Å². The first-order valence-corrected chi connectivity index (χ1v) is 5.59. The number of amides is 1. The van der Waals surface area contributed by atoms with Crippen molar-refractivity contribution in [3.05, 3.63) is 35.2 Å². The molecule has 0 unspecified atom stereocenters. The number of hydrogen-bond donors (Lipinski definition) is 2. The largest absolute Gasteiger partial charge is 0.384 e. The number of nitrogens with zero attached hydrogens (tertiary/aromatic N) is 2. The van der Waals surface area contributed by atoms with Crippen LogP contribution >= 0.6 is 0 Å². The lowest BCUT2D eigenvalue weighted by Gasteiger charge is -2.04. The quantitative estimate of drug-likeness (QED) is 0.860. The number of carbonyl (C=O) groups is 1. The molecule has 0 aliphatic rings. The van der Waals surface area contributed by atoms with Gasteiger partial charge < -0.3 is 15.6 Å². The maximum atomic E-state index is 12.0. The van der Waals surface area contributed by atoms with Gasteiger partial charge in [0.1, 0.15) is 11.6 Å². The van der Waals surface area contributed by atoms with Crippen LogP contribution < -0.4 is 11.1 Å². The summed E-state index contributed by atoms with van der Waals surface area (Å²) in [4.78, 5) is 16.1. The number of aryl methyl sites for hydroxylation is 2. The highest BCUT2D eigenvalue weighted by molar-refractivity contribution is 6.04. The van der Waals surface area contributed by atoms with Gasteiger partial charge in [0.15, 0.2) is 5.82 Å². The first kappa shape index (κ1) is 12.1. The Morgan fingerprint density at radius 2 is 2.22 bits per heavy atom. The summed E-state index contributed by atoms with van der Waals surface area (Å²) in [6.07, 6.45) is 0.717. The van der Waals surface area contributed by atoms with E-state index in [1.807, 2.05) is 6.92 Å². The molecule has 0 aliphatic carbocycles. The lowest BCUT2D eigenvalue weighted by atomic mass is 10.2. The normalized spacial score (nSPS) is 10.3. The van der Waals surface area contributed by atoms with Gasteiger partial charge in [-0.1, -0.05) is 12.1 Å². The van der Waals surface area contributed by atoms with Gasteiger partial charge in [-0.15, -0.1) is 0 Å². The second kappa shape index (κ2) is 4.87. The molecule has 0 aromatic carbocycles. The molecule has 94 valence electrons. The third kappa shape index (κ3) is 2.65. The standard InChI is InChI=1S/C12H14N4O2/c1-3-9-5-8(6-10(13)14-9)12(17)15-11-4-7(2)18-16-11/h4-6H,3H2,1-2H3,(H2,13,14)(H,15,16,17). The van der Waals surface area contributed by atoms with Gasteiger partial charge in [0.2, 0.25) is 0 Å². The van der Waals surface area contributed by atoms with Crippen molar-refractivity contribution in [1.29, 1.82) is 0 Å². The van der Waals surface area contributed by atoms with E-state index in [0.717, 1.165) is 5.69 Å². The maximum absolute atomic E-state index is 12.0. The van der Waals surface area contributed by atoms with Gasteiger partial charge in [-0.25, -0.2) is 4.98 Å². The van der Waals surface area contributed by atoms with Crippen molar-refractivity contribution >= 4 is 17.5 Å². The van der Waals surface area contributed by atoms with Crippen molar-refractivity contribution in [2.24, 2.45) is 0 Å². The minimum absolute atomic E-state index is 0.285. The zero-order valence-electron chi connectivity index (χ0n) is 10.2. The first-order chi connectivity index (χ1) is 8.58. The molecule has 2 aromatic rings. The predicted molar refractivity (Wildman–Crippen MR) is 67.2 cm³/mol. The fourth-order valence-electron chi connectivity index (χ4n) is 1.54. The summed E-state index contributed by atoms with van der Waals surface area (Å²) >= 11 is 0. The van der Waals surface area contributed by atoms with E-state index >= 15 is 0 Å². The van der Waals surface area contributed by atoms with Crippen LogP contribution in [0, 0.1) is 6.92 Å². The van der Waals surface area contributed by atoms with E-state index < -0.39 is 0 Å². The lowest BCUT2D eigenvalue weighted by molar-refractivity contribution is 0.102. The first-order valence-electron chi connectivity index (χ1n) is 5.59. The number of nitrogens with one attached hydrogen (secondary N) is 1. The van der Waals surface area contributed by atoms with E-state index in [0.29, 0.717) is 29.4 Å². The monoisotopic (exact) mass is 246 g/mol. The smallest absolute Gasteiger partial charge is 0.257 e. The number of pyridine rings is 1. The number of carbonyl (C=O) groups excluding carboxylic acids is 1. The molecule has 2 heterocycles. The number of nitrogen functional groups attached to an aromatic ring is 1. The van der Waals surface area contributed by atoms with Crippen LogP contribution in [0.2, 0.25) is 0 Å². The molecule has 0 fully saturated rings. The minimum Gasteiger partial charge on any atom is -0.384 e. The molecule has 6 nitrogen and oxygen atoms in total. The van der Waals surface area contributed by atoms with E-state index in [4.69, 9.17) is 10.3 Å². The number of hydrogen-bond acceptors (Lipinski definition) is 5. The zero-order chi connectivity index (χ0) is 13.1. The third-order valence-electron chi connectivity index (χ3n) is 2.39. The van der Waals surface area contributed by atoms with Gasteiger partial charge in [-0.2, -0.15) is 0 Å². The van der Waals surface area contributed by atoms with Gasteiger partial charge >= 0.3 is 0 Å². The summed E-state index contributed by atoms with van der Waals surface area (Å²) < 4.78 is 4.87. The van der Waals surface area contributed by atoms with Crippen LogP contribution in [0.3, 0.4) is 0 Å². The average molecular weight is 246 g/mol. The molecule has 0 spiro atoms. The van der Waals surface area contributed by atoms with Gasteiger partial charge in [0.25, 0.3) is 5.91 Å². The molecule has 0 radical (unpaired) electrons. The fraction of sp³-hybridized carbons (Fsp3) is 0.250. The van der Waals surface area contributed by atoms with Gasteiger partial charge in [0, 0.05) is 17.3 Å². The van der Waals surface area contributed by atoms with Gasteiger partial charge in [-0.3, -0.25) is 4.79 Å². The van der Waals surface area contributed by atoms with Gasteiger partial charge in [-0.05, 0) is 25.5 Å². The van der Waals surface area contributed by atoms with E-state index in [1.54, 1.807) is 19.1 Å². The summed E-state index contributed by atoms with van der Waals surface area (Å²) in [6, 6.07) is 4.88. The SMILES string of the molecule is CCc1cc(C(=O)Nc2cc(C)on2)cc(N)n1. The second-order valence-corrected chi connectivity index (χ2v) is 3.90. The van der Waals surface area contributed by atoms with E-state index in [1.165, 1.54) is 6.07 Å². The Morgan fingerprint density at radius 1 is 1.44 bits per heavy atom. The van der Waals surface area contributed by atoms with Crippen molar-refractivity contribution in [2.75, 3.05) is 11.1 Å². The topological polar surface area (TPSA) is 94.0 Å². The van der Waals surface area contributed by atoms with Crippen molar-refractivity contribution in [1.82, 2.24) is 10.1 Å². The van der Waals surface area contributed by atoms with Crippen LogP contribution in [0.1, 0.15) is 28.7 Å².